The number of carboxylic acids is 1. The number of aromatic nitrogens is 1. The molecule has 0 fully saturated rings. The molecule has 45 heavy (non-hydrogen) atoms. The smallest absolute Gasteiger partial charge is 0.408 e. The summed E-state index contributed by atoms with van der Waals surface area (Å²) in [5, 5.41) is 19.5. The number of para-hydroxylation sites is 1. The van der Waals surface area contributed by atoms with Crippen LogP contribution in [-0.4, -0.2) is 40.3 Å². The predicted molar refractivity (Wildman–Crippen MR) is 165 cm³/mol. The molecule has 3 aliphatic rings. The number of hydrogen-bond acceptors (Lipinski definition) is 8. The molecule has 4 heterocycles. The fourth-order valence-corrected chi connectivity index (χ4v) is 6.87. The lowest BCUT2D eigenvalue weighted by atomic mass is 9.72. The number of carbonyl (C=O) groups is 3. The second-order valence-electron chi connectivity index (χ2n) is 11.7. The van der Waals surface area contributed by atoms with Crippen molar-refractivity contribution in [3.63, 3.8) is 0 Å². The second-order valence-corrected chi connectivity index (χ2v) is 12.5. The van der Waals surface area contributed by atoms with Gasteiger partial charge in [-0.25, -0.2) is 14.6 Å². The molecule has 3 aromatic carbocycles. The summed E-state index contributed by atoms with van der Waals surface area (Å²) < 4.78 is 19.1. The number of ether oxygens (including phenoxy) is 2. The SMILES string of the molecule is CC(C)[C@@H]1NC(=O)[C@@H](NC(=O)OCc2ccccc2)Cc2ccc3c(c2)C2(c4cccc(Br)c4N[C@H]2O3)c2oc1nc2C(=O)O. The van der Waals surface area contributed by atoms with Gasteiger partial charge in [-0.15, -0.1) is 0 Å². The lowest BCUT2D eigenvalue weighted by Gasteiger charge is -2.28. The zero-order valence-electron chi connectivity index (χ0n) is 24.3. The van der Waals surface area contributed by atoms with E-state index in [2.05, 4.69) is 36.9 Å². The third-order valence-corrected chi connectivity index (χ3v) is 9.18. The number of carbonyl (C=O) groups excluding carboxylic acids is 2. The number of carboxylic acid groups (broad SMARTS) is 1. The Kier molecular flexibility index (Phi) is 7.03. The van der Waals surface area contributed by atoms with E-state index in [-0.39, 0.29) is 36.3 Å². The van der Waals surface area contributed by atoms with Crippen LogP contribution >= 0.6 is 15.9 Å². The molecule has 1 spiro atoms. The minimum absolute atomic E-state index is 0.0365. The number of benzene rings is 3. The highest BCUT2D eigenvalue weighted by molar-refractivity contribution is 9.10. The molecule has 1 unspecified atom stereocenters. The zero-order chi connectivity index (χ0) is 31.5. The van der Waals surface area contributed by atoms with Gasteiger partial charge in [0.05, 0.1) is 5.69 Å². The van der Waals surface area contributed by atoms with Crippen LogP contribution in [0.3, 0.4) is 0 Å². The zero-order valence-corrected chi connectivity index (χ0v) is 25.9. The predicted octanol–water partition coefficient (Wildman–Crippen LogP) is 5.28. The third-order valence-electron chi connectivity index (χ3n) is 8.52. The summed E-state index contributed by atoms with van der Waals surface area (Å²) >= 11 is 3.62. The van der Waals surface area contributed by atoms with Gasteiger partial charge >= 0.3 is 12.1 Å². The first-order chi connectivity index (χ1) is 21.7. The molecule has 230 valence electrons. The normalized spacial score (nSPS) is 22.6. The first-order valence-corrected chi connectivity index (χ1v) is 15.3. The molecule has 1 aromatic heterocycles. The van der Waals surface area contributed by atoms with Gasteiger partial charge in [-0.05, 0) is 45.1 Å². The monoisotopic (exact) mass is 672 g/mol. The van der Waals surface area contributed by atoms with E-state index in [1.807, 2.05) is 74.5 Å². The Balaban J connectivity index is 1.36. The van der Waals surface area contributed by atoms with Gasteiger partial charge < -0.3 is 34.9 Å². The van der Waals surface area contributed by atoms with E-state index in [1.54, 1.807) is 6.07 Å². The van der Waals surface area contributed by atoms with Crippen molar-refractivity contribution in [3.05, 3.63) is 111 Å². The fourth-order valence-electron chi connectivity index (χ4n) is 6.39. The van der Waals surface area contributed by atoms with Gasteiger partial charge in [0.2, 0.25) is 11.8 Å². The molecule has 11 nitrogen and oxygen atoms in total. The molecule has 0 saturated heterocycles. The lowest BCUT2D eigenvalue weighted by Crippen LogP contribution is -2.49. The molecular weight excluding hydrogens is 644 g/mol. The third kappa shape index (κ3) is 4.71. The van der Waals surface area contributed by atoms with Gasteiger partial charge in [-0.3, -0.25) is 4.79 Å². The number of nitrogens with one attached hydrogen (secondary N) is 3. The molecule has 4 N–H and O–H groups in total. The molecule has 4 bridgehead atoms. The summed E-state index contributed by atoms with van der Waals surface area (Å²) in [6, 6.07) is 18.5. The minimum atomic E-state index is -1.27. The maximum Gasteiger partial charge on any atom is 0.408 e. The molecule has 0 radical (unpaired) electrons. The molecule has 4 atom stereocenters. The first kappa shape index (κ1) is 28.9. The summed E-state index contributed by atoms with van der Waals surface area (Å²) in [5.74, 6) is -1.34. The second kappa shape index (κ2) is 11.0. The maximum absolute atomic E-state index is 13.8. The Morgan fingerprint density at radius 3 is 2.67 bits per heavy atom. The highest BCUT2D eigenvalue weighted by Gasteiger charge is 2.61. The van der Waals surface area contributed by atoms with Gasteiger partial charge in [-0.1, -0.05) is 68.4 Å². The average Bonchev–Trinajstić information content (AvgIpc) is 3.68. The van der Waals surface area contributed by atoms with Crippen molar-refractivity contribution >= 4 is 39.6 Å². The van der Waals surface area contributed by atoms with Crippen LogP contribution in [0.15, 0.2) is 75.6 Å². The number of halogens is 1. The molecule has 2 amide bonds. The van der Waals surface area contributed by atoms with Gasteiger partial charge in [0.1, 0.15) is 29.9 Å². The number of hydrogen-bond donors (Lipinski definition) is 4. The summed E-state index contributed by atoms with van der Waals surface area (Å²) in [6.07, 6.45) is -1.37. The van der Waals surface area contributed by atoms with Crippen molar-refractivity contribution in [2.75, 3.05) is 5.32 Å². The van der Waals surface area contributed by atoms with E-state index >= 15 is 0 Å². The van der Waals surface area contributed by atoms with Gasteiger partial charge in [0.25, 0.3) is 0 Å². The Bertz CT molecular complexity index is 1840. The highest BCUT2D eigenvalue weighted by Crippen LogP contribution is 2.59. The topological polar surface area (TPSA) is 152 Å². The number of alkyl carbamates (subject to hydrolysis) is 1. The minimum Gasteiger partial charge on any atom is -0.476 e. The number of aromatic carboxylic acids is 1. The Labute approximate surface area is 266 Å². The maximum atomic E-state index is 13.8. The van der Waals surface area contributed by atoms with Crippen LogP contribution in [-0.2, 0) is 28.0 Å². The van der Waals surface area contributed by atoms with Crippen molar-refractivity contribution in [2.24, 2.45) is 5.92 Å². The van der Waals surface area contributed by atoms with E-state index in [4.69, 9.17) is 13.9 Å². The average molecular weight is 674 g/mol. The number of amides is 2. The molecule has 0 aliphatic carbocycles. The van der Waals surface area contributed by atoms with Crippen molar-refractivity contribution in [1.29, 1.82) is 0 Å². The van der Waals surface area contributed by atoms with Crippen molar-refractivity contribution in [1.82, 2.24) is 15.6 Å². The molecule has 3 aliphatic heterocycles. The molecule has 7 rings (SSSR count). The lowest BCUT2D eigenvalue weighted by molar-refractivity contribution is -0.124. The summed E-state index contributed by atoms with van der Waals surface area (Å²) in [5.41, 5.74) is 2.18. The molecular formula is C33H29BrN4O7. The molecule has 0 saturated carbocycles. The van der Waals surface area contributed by atoms with Gasteiger partial charge in [-0.2, -0.15) is 0 Å². The molecule has 12 heteroatoms. The van der Waals surface area contributed by atoms with Crippen LogP contribution in [0.2, 0.25) is 0 Å². The van der Waals surface area contributed by atoms with E-state index in [1.165, 1.54) is 0 Å². The first-order valence-electron chi connectivity index (χ1n) is 14.5. The number of fused-ring (bicyclic) bond motifs is 4. The van der Waals surface area contributed by atoms with Crippen LogP contribution in [0.5, 0.6) is 5.75 Å². The van der Waals surface area contributed by atoms with E-state index in [0.29, 0.717) is 16.9 Å². The van der Waals surface area contributed by atoms with Crippen LogP contribution in [0.25, 0.3) is 0 Å². The van der Waals surface area contributed by atoms with E-state index in [0.717, 1.165) is 21.3 Å². The van der Waals surface area contributed by atoms with Crippen LogP contribution in [0, 0.1) is 5.92 Å². The van der Waals surface area contributed by atoms with Gasteiger partial charge in [0, 0.05) is 22.0 Å². The van der Waals surface area contributed by atoms with Crippen LogP contribution < -0.4 is 20.7 Å². The fraction of sp³-hybridized carbons (Fsp3) is 0.273. The number of oxazole rings is 1. The van der Waals surface area contributed by atoms with E-state index < -0.39 is 41.7 Å². The number of anilines is 1. The largest absolute Gasteiger partial charge is 0.476 e. The summed E-state index contributed by atoms with van der Waals surface area (Å²) in [7, 11) is 0. The number of nitrogens with zero attached hydrogens (tertiary/aromatic N) is 1. The van der Waals surface area contributed by atoms with Crippen molar-refractivity contribution < 1.29 is 33.4 Å². The summed E-state index contributed by atoms with van der Waals surface area (Å²) in [4.78, 5) is 44.0. The van der Waals surface area contributed by atoms with Gasteiger partial charge in [0.15, 0.2) is 17.7 Å². The summed E-state index contributed by atoms with van der Waals surface area (Å²) in [6.45, 7) is 3.76. The quantitative estimate of drug-likeness (QED) is 0.222. The van der Waals surface area contributed by atoms with Crippen LogP contribution in [0.4, 0.5) is 10.5 Å². The molecule has 4 aromatic rings. The van der Waals surface area contributed by atoms with Crippen molar-refractivity contribution in [3.8, 4) is 5.75 Å². The standard InChI is InChI=1S/C33H29BrN4O7/c1-16(2)24-29-37-26(30(40)41)27(45-29)33-19-9-6-10-21(34)25(19)38-31(33)44-23-12-11-18(13-20(23)33)14-22(28(39)36-24)35-32(42)43-15-17-7-4-3-5-8-17/h3-13,16,22,24,31,38H,14-15H2,1-2H3,(H,35,42)(H,36,39)(H,40,41)/t22-,24-,31-,33?/m0/s1. The number of rotatable bonds is 5. The van der Waals surface area contributed by atoms with Crippen LogP contribution in [0.1, 0.15) is 64.3 Å². The van der Waals surface area contributed by atoms with E-state index in [9.17, 15) is 19.5 Å². The Morgan fingerprint density at radius 2 is 1.91 bits per heavy atom. The van der Waals surface area contributed by atoms with Crippen molar-refractivity contribution in [2.45, 2.75) is 50.6 Å². The Hall–Kier alpha value is -4.84. The highest BCUT2D eigenvalue weighted by atomic mass is 79.9. The Morgan fingerprint density at radius 1 is 1.11 bits per heavy atom.